The number of nitrogens with zero attached hydrogens (tertiary/aromatic N) is 1. The Bertz CT molecular complexity index is 567. The molecule has 7 heteroatoms. The molecule has 2 heterocycles. The molecule has 0 bridgehead atoms. The van der Waals surface area contributed by atoms with Gasteiger partial charge in [-0.05, 0) is 17.9 Å². The SMILES string of the molecule is COC(=O)c1c(C)csc1N1CC(SC(C)=O)CC1=O. The molecule has 0 spiro atoms. The second kappa shape index (κ2) is 5.97. The largest absolute Gasteiger partial charge is 0.465 e. The fourth-order valence-electron chi connectivity index (χ4n) is 2.16. The molecule has 0 aromatic carbocycles. The Labute approximate surface area is 125 Å². The van der Waals surface area contributed by atoms with Gasteiger partial charge in [0.15, 0.2) is 5.12 Å². The zero-order valence-electron chi connectivity index (χ0n) is 11.5. The number of thiophene rings is 1. The molecule has 1 aliphatic rings. The van der Waals surface area contributed by atoms with Crippen molar-refractivity contribution in [3.05, 3.63) is 16.5 Å². The third kappa shape index (κ3) is 2.88. The predicted octanol–water partition coefficient (Wildman–Crippen LogP) is 2.23. The van der Waals surface area contributed by atoms with Crippen LogP contribution in [0.2, 0.25) is 0 Å². The number of carbonyl (C=O) groups excluding carboxylic acids is 3. The minimum atomic E-state index is -0.436. The van der Waals surface area contributed by atoms with E-state index >= 15 is 0 Å². The van der Waals surface area contributed by atoms with Crippen molar-refractivity contribution < 1.29 is 19.1 Å². The molecule has 1 unspecified atom stereocenters. The number of aryl methyl sites for hydroxylation is 1. The first kappa shape index (κ1) is 15.1. The summed E-state index contributed by atoms with van der Waals surface area (Å²) in [7, 11) is 1.32. The molecule has 1 aromatic rings. The summed E-state index contributed by atoms with van der Waals surface area (Å²) in [5, 5.41) is 2.40. The van der Waals surface area contributed by atoms with E-state index < -0.39 is 5.97 Å². The highest BCUT2D eigenvalue weighted by atomic mass is 32.2. The Kier molecular flexibility index (Phi) is 4.49. The van der Waals surface area contributed by atoms with Gasteiger partial charge in [-0.25, -0.2) is 4.79 Å². The maximum Gasteiger partial charge on any atom is 0.341 e. The summed E-state index contributed by atoms with van der Waals surface area (Å²) < 4.78 is 4.77. The van der Waals surface area contributed by atoms with E-state index in [0.29, 0.717) is 23.5 Å². The van der Waals surface area contributed by atoms with E-state index in [1.807, 2.05) is 12.3 Å². The van der Waals surface area contributed by atoms with Crippen molar-refractivity contribution in [3.63, 3.8) is 0 Å². The van der Waals surface area contributed by atoms with Crippen molar-refractivity contribution in [3.8, 4) is 0 Å². The Morgan fingerprint density at radius 2 is 2.20 bits per heavy atom. The van der Waals surface area contributed by atoms with Crippen LogP contribution in [0.3, 0.4) is 0 Å². The minimum Gasteiger partial charge on any atom is -0.465 e. The smallest absolute Gasteiger partial charge is 0.341 e. The monoisotopic (exact) mass is 313 g/mol. The zero-order chi connectivity index (χ0) is 14.9. The van der Waals surface area contributed by atoms with Gasteiger partial charge in [0.05, 0.1) is 12.7 Å². The molecule has 1 aliphatic heterocycles. The lowest BCUT2D eigenvalue weighted by atomic mass is 10.2. The van der Waals surface area contributed by atoms with Crippen LogP contribution in [0.1, 0.15) is 29.3 Å². The highest BCUT2D eigenvalue weighted by Crippen LogP contribution is 2.36. The predicted molar refractivity (Wildman–Crippen MR) is 79.4 cm³/mol. The van der Waals surface area contributed by atoms with E-state index in [4.69, 9.17) is 4.74 Å². The van der Waals surface area contributed by atoms with Gasteiger partial charge in [0, 0.05) is 25.1 Å². The number of thioether (sulfide) groups is 1. The summed E-state index contributed by atoms with van der Waals surface area (Å²) in [6.45, 7) is 3.76. The van der Waals surface area contributed by atoms with E-state index in [1.54, 1.807) is 4.90 Å². The van der Waals surface area contributed by atoms with Crippen LogP contribution in [0, 0.1) is 6.92 Å². The van der Waals surface area contributed by atoms with Gasteiger partial charge in [0.2, 0.25) is 5.91 Å². The molecule has 20 heavy (non-hydrogen) atoms. The van der Waals surface area contributed by atoms with Gasteiger partial charge >= 0.3 is 5.97 Å². The molecule has 1 amide bonds. The molecule has 1 fully saturated rings. The molecule has 1 aromatic heterocycles. The number of anilines is 1. The van der Waals surface area contributed by atoms with Crippen molar-refractivity contribution in [1.29, 1.82) is 0 Å². The molecule has 0 saturated carbocycles. The average molecular weight is 313 g/mol. The van der Waals surface area contributed by atoms with Crippen molar-refractivity contribution >= 4 is 45.1 Å². The molecule has 2 rings (SSSR count). The lowest BCUT2D eigenvalue weighted by Gasteiger charge is -2.16. The molecule has 0 N–H and O–H groups in total. The number of carbonyl (C=O) groups is 3. The number of amides is 1. The van der Waals surface area contributed by atoms with Crippen LogP contribution >= 0.6 is 23.1 Å². The molecule has 1 saturated heterocycles. The van der Waals surface area contributed by atoms with Crippen LogP contribution in [0.5, 0.6) is 0 Å². The Balaban J connectivity index is 2.26. The molecular formula is C13H15NO4S2. The zero-order valence-corrected chi connectivity index (χ0v) is 13.1. The maximum atomic E-state index is 12.1. The van der Waals surface area contributed by atoms with Crippen molar-refractivity contribution in [2.75, 3.05) is 18.6 Å². The van der Waals surface area contributed by atoms with Crippen molar-refractivity contribution in [2.45, 2.75) is 25.5 Å². The van der Waals surface area contributed by atoms with Gasteiger partial charge in [0.25, 0.3) is 0 Å². The summed E-state index contributed by atoms with van der Waals surface area (Å²) in [4.78, 5) is 36.6. The third-order valence-corrected chi connectivity index (χ3v) is 5.11. The summed E-state index contributed by atoms with van der Waals surface area (Å²) in [6.07, 6.45) is 0.321. The number of hydrogen-bond donors (Lipinski definition) is 0. The number of hydrogen-bond acceptors (Lipinski definition) is 6. The lowest BCUT2D eigenvalue weighted by Crippen LogP contribution is -2.26. The highest BCUT2D eigenvalue weighted by Gasteiger charge is 2.35. The van der Waals surface area contributed by atoms with Gasteiger partial charge in [-0.1, -0.05) is 11.8 Å². The molecule has 0 radical (unpaired) electrons. The molecule has 0 aliphatic carbocycles. The van der Waals surface area contributed by atoms with Crippen molar-refractivity contribution in [2.24, 2.45) is 0 Å². The van der Waals surface area contributed by atoms with E-state index in [0.717, 1.165) is 5.56 Å². The quantitative estimate of drug-likeness (QED) is 0.801. The summed E-state index contributed by atoms with van der Waals surface area (Å²) in [5.41, 5.74) is 1.24. The van der Waals surface area contributed by atoms with E-state index in [1.165, 1.54) is 37.1 Å². The van der Waals surface area contributed by atoms with Crippen LogP contribution in [0.15, 0.2) is 5.38 Å². The standard InChI is InChI=1S/C13H15NO4S2/c1-7-6-19-12(11(7)13(17)18-3)14-5-9(4-10(14)16)20-8(2)15/h6,9H,4-5H2,1-3H3. The molecule has 108 valence electrons. The van der Waals surface area contributed by atoms with Gasteiger partial charge in [-0.2, -0.15) is 0 Å². The summed E-state index contributed by atoms with van der Waals surface area (Å²) in [5.74, 6) is -0.495. The number of esters is 1. The first-order valence-electron chi connectivity index (χ1n) is 6.08. The second-order valence-corrected chi connectivity index (χ2v) is 6.87. The highest BCUT2D eigenvalue weighted by molar-refractivity contribution is 8.14. The molecular weight excluding hydrogens is 298 g/mol. The van der Waals surface area contributed by atoms with E-state index in [9.17, 15) is 14.4 Å². The minimum absolute atomic E-state index is 0.000187. The van der Waals surface area contributed by atoms with Crippen LogP contribution in [0.4, 0.5) is 5.00 Å². The second-order valence-electron chi connectivity index (χ2n) is 4.53. The fraction of sp³-hybridized carbons (Fsp3) is 0.462. The van der Waals surface area contributed by atoms with Crippen LogP contribution in [0.25, 0.3) is 0 Å². The molecule has 1 atom stereocenters. The first-order chi connectivity index (χ1) is 9.43. The van der Waals surface area contributed by atoms with Gasteiger partial charge in [-0.15, -0.1) is 11.3 Å². The average Bonchev–Trinajstić information content (AvgIpc) is 2.91. The topological polar surface area (TPSA) is 63.7 Å². The van der Waals surface area contributed by atoms with Gasteiger partial charge in [-0.3, -0.25) is 9.59 Å². The van der Waals surface area contributed by atoms with Crippen LogP contribution in [-0.2, 0) is 14.3 Å². The number of rotatable bonds is 3. The van der Waals surface area contributed by atoms with Gasteiger partial charge in [0.1, 0.15) is 5.00 Å². The number of methoxy groups -OCH3 is 1. The molecule has 5 nitrogen and oxygen atoms in total. The van der Waals surface area contributed by atoms with Crippen LogP contribution in [-0.4, -0.2) is 35.9 Å². The first-order valence-corrected chi connectivity index (χ1v) is 7.84. The third-order valence-electron chi connectivity index (χ3n) is 3.01. The Morgan fingerprint density at radius 3 is 2.80 bits per heavy atom. The lowest BCUT2D eigenvalue weighted by molar-refractivity contribution is -0.117. The van der Waals surface area contributed by atoms with Crippen molar-refractivity contribution in [1.82, 2.24) is 0 Å². The normalized spacial score (nSPS) is 18.4. The van der Waals surface area contributed by atoms with E-state index in [-0.39, 0.29) is 16.3 Å². The summed E-state index contributed by atoms with van der Waals surface area (Å²) in [6, 6.07) is 0. The maximum absolute atomic E-state index is 12.1. The van der Waals surface area contributed by atoms with E-state index in [2.05, 4.69) is 0 Å². The Morgan fingerprint density at radius 1 is 1.50 bits per heavy atom. The Hall–Kier alpha value is -1.34. The van der Waals surface area contributed by atoms with Gasteiger partial charge < -0.3 is 9.64 Å². The van der Waals surface area contributed by atoms with Crippen LogP contribution < -0.4 is 4.90 Å². The summed E-state index contributed by atoms with van der Waals surface area (Å²) >= 11 is 2.53. The fourth-order valence-corrected chi connectivity index (χ4v) is 4.16. The number of ether oxygens (including phenoxy) is 1.